The molecule has 33 heavy (non-hydrogen) atoms. The van der Waals surface area contributed by atoms with Crippen molar-refractivity contribution in [1.82, 2.24) is 24.8 Å². The van der Waals surface area contributed by atoms with Crippen molar-refractivity contribution in [3.63, 3.8) is 0 Å². The number of nitrogens with one attached hydrogen (secondary N) is 1. The van der Waals surface area contributed by atoms with Gasteiger partial charge in [0.25, 0.3) is 6.01 Å². The number of rotatable bonds is 13. The van der Waals surface area contributed by atoms with Crippen LogP contribution in [0.4, 0.5) is 5.82 Å². The highest BCUT2D eigenvalue weighted by atomic mass is 16.5. The topological polar surface area (TPSA) is 137 Å². The summed E-state index contributed by atoms with van der Waals surface area (Å²) in [7, 11) is 1.56. The molecule has 10 nitrogen and oxygen atoms in total. The molecule has 4 N–H and O–H groups in total. The smallest absolute Gasteiger partial charge is 0.320 e. The zero-order valence-corrected chi connectivity index (χ0v) is 19.4. The molecule has 1 unspecified atom stereocenters. The van der Waals surface area contributed by atoms with Gasteiger partial charge >= 0.3 is 12.0 Å². The molecule has 0 aliphatic heterocycles. The fourth-order valence-electron chi connectivity index (χ4n) is 3.42. The molecule has 178 valence electrons. The van der Waals surface area contributed by atoms with Gasteiger partial charge in [-0.3, -0.25) is 9.36 Å². The fourth-order valence-corrected chi connectivity index (χ4v) is 3.42. The highest BCUT2D eigenvalue weighted by Crippen LogP contribution is 2.25. The van der Waals surface area contributed by atoms with Gasteiger partial charge in [-0.25, -0.2) is 0 Å². The number of benzene rings is 1. The summed E-state index contributed by atoms with van der Waals surface area (Å²) in [5.74, 6) is -1.10. The van der Waals surface area contributed by atoms with Crippen LogP contribution in [0, 0.1) is 0 Å². The molecular weight excluding hydrogens is 424 g/mol. The van der Waals surface area contributed by atoms with Crippen LogP contribution in [0.3, 0.4) is 0 Å². The molecule has 3 aromatic rings. The van der Waals surface area contributed by atoms with Crippen LogP contribution >= 0.6 is 0 Å². The Morgan fingerprint density at radius 1 is 1.27 bits per heavy atom. The number of fused-ring (bicyclic) bond motifs is 1. The second-order valence-corrected chi connectivity index (χ2v) is 7.85. The van der Waals surface area contributed by atoms with Crippen molar-refractivity contribution >= 4 is 23.0 Å². The Morgan fingerprint density at radius 2 is 2.09 bits per heavy atom. The van der Waals surface area contributed by atoms with E-state index in [1.165, 1.54) is 0 Å². The average molecular weight is 457 g/mol. The first-order valence-corrected chi connectivity index (χ1v) is 11.2. The van der Waals surface area contributed by atoms with Gasteiger partial charge in [0.05, 0.1) is 19.6 Å². The van der Waals surface area contributed by atoms with Crippen LogP contribution < -0.4 is 20.5 Å². The molecule has 3 rings (SSSR count). The van der Waals surface area contributed by atoms with Crippen LogP contribution in [0.15, 0.2) is 24.3 Å². The Kier molecular flexibility index (Phi) is 8.42. The van der Waals surface area contributed by atoms with Crippen molar-refractivity contribution < 1.29 is 19.4 Å². The third kappa shape index (κ3) is 6.10. The molecule has 0 spiro atoms. The number of carboxylic acid groups (broad SMARTS) is 1. The summed E-state index contributed by atoms with van der Waals surface area (Å²) >= 11 is 0. The molecule has 0 saturated heterocycles. The molecule has 2 heterocycles. The van der Waals surface area contributed by atoms with E-state index in [9.17, 15) is 9.90 Å². The molecule has 2 aromatic heterocycles. The van der Waals surface area contributed by atoms with E-state index in [4.69, 9.17) is 15.2 Å². The van der Waals surface area contributed by atoms with Gasteiger partial charge in [0.1, 0.15) is 0 Å². The number of aryl methyl sites for hydroxylation is 1. The van der Waals surface area contributed by atoms with Crippen molar-refractivity contribution in [3.8, 4) is 12.0 Å². The Hall–Kier alpha value is -3.40. The lowest BCUT2D eigenvalue weighted by molar-refractivity contribution is -0.138. The van der Waals surface area contributed by atoms with E-state index in [1.807, 2.05) is 28.8 Å². The summed E-state index contributed by atoms with van der Waals surface area (Å²) in [4.78, 5) is 24.3. The number of aliphatic carboxylic acids is 1. The number of hydrogen-bond donors (Lipinski definition) is 3. The summed E-state index contributed by atoms with van der Waals surface area (Å²) in [6.45, 7) is 6.31. The quantitative estimate of drug-likeness (QED) is 0.331. The highest BCUT2D eigenvalue weighted by Gasteiger charge is 2.18. The zero-order valence-electron chi connectivity index (χ0n) is 19.4. The second-order valence-electron chi connectivity index (χ2n) is 7.85. The fraction of sp³-hybridized carbons (Fsp3) is 0.478. The molecule has 1 aromatic carbocycles. The van der Waals surface area contributed by atoms with Gasteiger partial charge in [0.15, 0.2) is 17.0 Å². The zero-order chi connectivity index (χ0) is 23.8. The molecule has 0 bridgehead atoms. The number of nitrogens with two attached hydrogens (primary N) is 1. The number of carbonyl (C=O) groups is 1. The Bertz CT molecular complexity index is 1080. The van der Waals surface area contributed by atoms with Crippen molar-refractivity contribution in [2.45, 2.75) is 52.1 Å². The predicted octanol–water partition coefficient (Wildman–Crippen LogP) is 2.96. The van der Waals surface area contributed by atoms with Gasteiger partial charge < -0.3 is 25.6 Å². The minimum Gasteiger partial charge on any atom is -0.481 e. The van der Waals surface area contributed by atoms with Crippen LogP contribution in [0.1, 0.15) is 50.2 Å². The minimum absolute atomic E-state index is 0.242. The first-order valence-electron chi connectivity index (χ1n) is 11.2. The third-order valence-corrected chi connectivity index (χ3v) is 5.36. The number of methoxy groups -OCH3 is 1. The largest absolute Gasteiger partial charge is 0.481 e. The SMILES string of the molecule is CCCCOc1nc(N)c2nc(OC)n(CCCNCc3cccc(C(C)C(=O)O)c3)c2n1. The van der Waals surface area contributed by atoms with E-state index in [2.05, 4.69) is 27.2 Å². The van der Waals surface area contributed by atoms with Crippen LogP contribution in [0.25, 0.3) is 11.2 Å². The number of hydrogen-bond acceptors (Lipinski definition) is 8. The molecule has 0 aliphatic rings. The minimum atomic E-state index is -0.829. The van der Waals surface area contributed by atoms with Gasteiger partial charge in [-0.2, -0.15) is 15.0 Å². The van der Waals surface area contributed by atoms with Crippen LogP contribution in [-0.4, -0.2) is 50.9 Å². The number of carboxylic acids is 1. The van der Waals surface area contributed by atoms with Gasteiger partial charge in [-0.1, -0.05) is 37.6 Å². The first-order chi connectivity index (χ1) is 15.9. The normalized spacial score (nSPS) is 12.1. The van der Waals surface area contributed by atoms with Crippen LogP contribution in [0.5, 0.6) is 12.0 Å². The lowest BCUT2D eigenvalue weighted by atomic mass is 9.99. The molecule has 1 atom stereocenters. The summed E-state index contributed by atoms with van der Waals surface area (Å²) in [6, 6.07) is 8.30. The van der Waals surface area contributed by atoms with Crippen molar-refractivity contribution in [1.29, 1.82) is 0 Å². The summed E-state index contributed by atoms with van der Waals surface area (Å²) in [6.07, 6.45) is 2.72. The van der Waals surface area contributed by atoms with Crippen molar-refractivity contribution in [3.05, 3.63) is 35.4 Å². The van der Waals surface area contributed by atoms with Crippen LogP contribution in [-0.2, 0) is 17.9 Å². The standard InChI is InChI=1S/C23H32N6O4/c1-4-5-12-33-22-27-19(24)18-20(28-22)29(23(26-18)32-3)11-7-10-25-14-16-8-6-9-17(13-16)15(2)21(30)31/h6,8-9,13,15,25H,4-5,7,10-12,14H2,1-3H3,(H,30,31)(H2,24,27,28). The molecule has 0 radical (unpaired) electrons. The van der Waals surface area contributed by atoms with Gasteiger partial charge in [0, 0.05) is 13.1 Å². The van der Waals surface area contributed by atoms with Gasteiger partial charge in [-0.15, -0.1) is 0 Å². The third-order valence-electron chi connectivity index (χ3n) is 5.36. The molecule has 0 saturated carbocycles. The highest BCUT2D eigenvalue weighted by molar-refractivity contribution is 5.83. The maximum Gasteiger partial charge on any atom is 0.320 e. The van der Waals surface area contributed by atoms with E-state index >= 15 is 0 Å². The van der Waals surface area contributed by atoms with Crippen LogP contribution in [0.2, 0.25) is 0 Å². The molecule has 0 amide bonds. The summed E-state index contributed by atoms with van der Waals surface area (Å²) < 4.78 is 12.9. The van der Waals surface area contributed by atoms with E-state index in [0.717, 1.165) is 36.9 Å². The average Bonchev–Trinajstić information content (AvgIpc) is 3.17. The number of anilines is 1. The molecule has 0 fully saturated rings. The maximum atomic E-state index is 11.2. The number of nitrogens with zero attached hydrogens (tertiary/aromatic N) is 4. The first kappa shape index (κ1) is 24.2. The van der Waals surface area contributed by atoms with Crippen molar-refractivity contribution in [2.24, 2.45) is 0 Å². The monoisotopic (exact) mass is 456 g/mol. The van der Waals surface area contributed by atoms with Crippen molar-refractivity contribution in [2.75, 3.05) is 26.0 Å². The molecular formula is C23H32N6O4. The Labute approximate surface area is 193 Å². The van der Waals surface area contributed by atoms with Gasteiger partial charge in [0.2, 0.25) is 0 Å². The predicted molar refractivity (Wildman–Crippen MR) is 126 cm³/mol. The molecule has 10 heteroatoms. The number of ether oxygens (including phenoxy) is 2. The number of unbranched alkanes of at least 4 members (excludes halogenated alkanes) is 1. The number of imidazole rings is 1. The van der Waals surface area contributed by atoms with E-state index in [0.29, 0.717) is 36.9 Å². The lowest BCUT2D eigenvalue weighted by Crippen LogP contribution is -2.17. The molecule has 0 aliphatic carbocycles. The maximum absolute atomic E-state index is 11.2. The Morgan fingerprint density at radius 3 is 2.82 bits per heavy atom. The van der Waals surface area contributed by atoms with E-state index < -0.39 is 11.9 Å². The Balaban J connectivity index is 1.61. The lowest BCUT2D eigenvalue weighted by Gasteiger charge is -2.11. The number of aromatic nitrogens is 4. The number of nitrogen functional groups attached to an aromatic ring is 1. The summed E-state index contributed by atoms with van der Waals surface area (Å²) in [5, 5.41) is 12.6. The second kappa shape index (κ2) is 11.5. The summed E-state index contributed by atoms with van der Waals surface area (Å²) in [5.41, 5.74) is 9.00. The van der Waals surface area contributed by atoms with E-state index in [-0.39, 0.29) is 11.8 Å². The van der Waals surface area contributed by atoms with Gasteiger partial charge in [-0.05, 0) is 37.4 Å². The van der Waals surface area contributed by atoms with E-state index in [1.54, 1.807) is 14.0 Å².